The van der Waals surface area contributed by atoms with Crippen LogP contribution in [0.15, 0.2) is 44.2 Å². The van der Waals surface area contributed by atoms with E-state index in [-0.39, 0.29) is 29.6 Å². The first kappa shape index (κ1) is 19.3. The summed E-state index contributed by atoms with van der Waals surface area (Å²) in [7, 11) is 0. The van der Waals surface area contributed by atoms with Crippen molar-refractivity contribution in [1.29, 1.82) is 0 Å². The number of benzene rings is 1. The number of fused-ring (bicyclic) bond motifs is 1. The van der Waals surface area contributed by atoms with Crippen LogP contribution in [0.25, 0.3) is 22.5 Å². The maximum atomic E-state index is 13.2. The number of aryl methyl sites for hydroxylation is 2. The van der Waals surface area contributed by atoms with Crippen LogP contribution < -0.4 is 10.2 Å². The predicted octanol–water partition coefficient (Wildman–Crippen LogP) is 4.92. The fraction of sp³-hybridized carbons (Fsp3) is 0.391. The number of ether oxygens (including phenoxy) is 2. The lowest BCUT2D eigenvalue weighted by atomic mass is 9.98. The zero-order valence-corrected chi connectivity index (χ0v) is 16.7. The maximum absolute atomic E-state index is 13.2. The summed E-state index contributed by atoms with van der Waals surface area (Å²) in [5.41, 5.74) is 1.92. The van der Waals surface area contributed by atoms with Crippen molar-refractivity contribution in [2.45, 2.75) is 52.1 Å². The van der Waals surface area contributed by atoms with Gasteiger partial charge in [-0.1, -0.05) is 12.5 Å². The molecule has 0 atom stereocenters. The first-order valence-electron chi connectivity index (χ1n) is 9.97. The van der Waals surface area contributed by atoms with Gasteiger partial charge in [0, 0.05) is 0 Å². The van der Waals surface area contributed by atoms with Gasteiger partial charge >= 0.3 is 5.97 Å². The van der Waals surface area contributed by atoms with E-state index < -0.39 is 5.97 Å². The first-order valence-corrected chi connectivity index (χ1v) is 9.97. The van der Waals surface area contributed by atoms with Gasteiger partial charge in [0.2, 0.25) is 16.9 Å². The molecule has 4 rings (SSSR count). The summed E-state index contributed by atoms with van der Waals surface area (Å²) in [5.74, 6) is 0.00445. The number of hydrogen-bond acceptors (Lipinski definition) is 6. The van der Waals surface area contributed by atoms with E-state index in [1.807, 2.05) is 19.9 Å². The van der Waals surface area contributed by atoms with Crippen LogP contribution in [0.3, 0.4) is 0 Å². The standard InChI is InChI=1S/C23H24O6/c1-14-11-15(2)21-17(12-14)20(25)23(22(29-21)18-9-6-10-26-18)27-13-19(24)28-16-7-4-3-5-8-16/h6,9-12,16H,3-5,7-8,13H2,1-2H3. The molecule has 152 valence electrons. The van der Waals surface area contributed by atoms with Crippen LogP contribution in [-0.4, -0.2) is 18.7 Å². The minimum Gasteiger partial charge on any atom is -0.474 e. The molecule has 6 heteroatoms. The Morgan fingerprint density at radius 3 is 2.69 bits per heavy atom. The Morgan fingerprint density at radius 1 is 1.17 bits per heavy atom. The average Bonchev–Trinajstić information content (AvgIpc) is 3.23. The third kappa shape index (κ3) is 4.06. The molecule has 0 spiro atoms. The van der Waals surface area contributed by atoms with Gasteiger partial charge in [0.1, 0.15) is 11.7 Å². The van der Waals surface area contributed by atoms with E-state index in [2.05, 4.69) is 0 Å². The molecular weight excluding hydrogens is 372 g/mol. The molecule has 2 heterocycles. The minimum atomic E-state index is -0.484. The van der Waals surface area contributed by atoms with Gasteiger partial charge in [0.25, 0.3) is 0 Å². The molecule has 0 saturated heterocycles. The van der Waals surface area contributed by atoms with Crippen LogP contribution in [0.5, 0.6) is 5.75 Å². The highest BCUT2D eigenvalue weighted by Crippen LogP contribution is 2.32. The topological polar surface area (TPSA) is 78.9 Å². The van der Waals surface area contributed by atoms with Gasteiger partial charge < -0.3 is 18.3 Å². The molecule has 2 aromatic heterocycles. The Bertz CT molecular complexity index is 1070. The van der Waals surface area contributed by atoms with E-state index in [1.54, 1.807) is 18.2 Å². The number of carbonyl (C=O) groups excluding carboxylic acids is 1. The molecule has 1 fully saturated rings. The number of furan rings is 1. The monoisotopic (exact) mass is 396 g/mol. The molecule has 0 radical (unpaired) electrons. The lowest BCUT2D eigenvalue weighted by Crippen LogP contribution is -2.25. The second-order valence-electron chi connectivity index (χ2n) is 7.56. The van der Waals surface area contributed by atoms with Crippen LogP contribution in [0, 0.1) is 13.8 Å². The summed E-state index contributed by atoms with van der Waals surface area (Å²) in [4.78, 5) is 25.4. The molecule has 0 N–H and O–H groups in total. The molecule has 0 aliphatic heterocycles. The van der Waals surface area contributed by atoms with Gasteiger partial charge in [0.15, 0.2) is 12.4 Å². The van der Waals surface area contributed by atoms with Gasteiger partial charge in [-0.2, -0.15) is 0 Å². The Balaban J connectivity index is 1.66. The van der Waals surface area contributed by atoms with Gasteiger partial charge in [0.05, 0.1) is 11.6 Å². The second-order valence-corrected chi connectivity index (χ2v) is 7.56. The third-order valence-electron chi connectivity index (χ3n) is 5.21. The van der Waals surface area contributed by atoms with Crippen LogP contribution >= 0.6 is 0 Å². The highest BCUT2D eigenvalue weighted by molar-refractivity contribution is 5.84. The second kappa shape index (κ2) is 8.15. The van der Waals surface area contributed by atoms with Crippen molar-refractivity contribution in [1.82, 2.24) is 0 Å². The molecule has 1 saturated carbocycles. The summed E-state index contributed by atoms with van der Waals surface area (Å²) in [6, 6.07) is 7.08. The van der Waals surface area contributed by atoms with Crippen molar-refractivity contribution >= 4 is 16.9 Å². The van der Waals surface area contributed by atoms with Crippen LogP contribution in [-0.2, 0) is 9.53 Å². The zero-order chi connectivity index (χ0) is 20.4. The summed E-state index contributed by atoms with van der Waals surface area (Å²) in [6.45, 7) is 3.44. The van der Waals surface area contributed by atoms with Crippen LogP contribution in [0.4, 0.5) is 0 Å². The van der Waals surface area contributed by atoms with Gasteiger partial charge in [-0.3, -0.25) is 4.79 Å². The van der Waals surface area contributed by atoms with E-state index in [4.69, 9.17) is 18.3 Å². The normalized spacial score (nSPS) is 14.8. The van der Waals surface area contributed by atoms with Crippen LogP contribution in [0.2, 0.25) is 0 Å². The third-order valence-corrected chi connectivity index (χ3v) is 5.21. The molecule has 29 heavy (non-hydrogen) atoms. The molecule has 0 amide bonds. The van der Waals surface area contributed by atoms with E-state index in [0.29, 0.717) is 16.7 Å². The number of hydrogen-bond donors (Lipinski definition) is 0. The molecule has 1 aliphatic carbocycles. The van der Waals surface area contributed by atoms with Crippen molar-refractivity contribution in [2.75, 3.05) is 6.61 Å². The summed E-state index contributed by atoms with van der Waals surface area (Å²) in [5, 5.41) is 0.411. The largest absolute Gasteiger partial charge is 0.474 e. The predicted molar refractivity (Wildman–Crippen MR) is 108 cm³/mol. The maximum Gasteiger partial charge on any atom is 0.344 e. The Hall–Kier alpha value is -3.02. The molecule has 3 aromatic rings. The van der Waals surface area contributed by atoms with E-state index in [9.17, 15) is 9.59 Å². The summed E-state index contributed by atoms with van der Waals surface area (Å²) >= 11 is 0. The number of carbonyl (C=O) groups is 1. The molecule has 0 bridgehead atoms. The Kier molecular flexibility index (Phi) is 5.43. The van der Waals surface area contributed by atoms with Crippen molar-refractivity contribution in [3.8, 4) is 17.3 Å². The van der Waals surface area contributed by atoms with E-state index in [0.717, 1.165) is 36.8 Å². The van der Waals surface area contributed by atoms with E-state index in [1.165, 1.54) is 12.7 Å². The number of rotatable bonds is 5. The first-order chi connectivity index (χ1) is 14.0. The highest BCUT2D eigenvalue weighted by Gasteiger charge is 2.23. The smallest absolute Gasteiger partial charge is 0.344 e. The van der Waals surface area contributed by atoms with Crippen molar-refractivity contribution < 1.29 is 23.1 Å². The van der Waals surface area contributed by atoms with Crippen molar-refractivity contribution in [3.63, 3.8) is 0 Å². The van der Waals surface area contributed by atoms with Crippen molar-refractivity contribution in [2.24, 2.45) is 0 Å². The lowest BCUT2D eigenvalue weighted by Gasteiger charge is -2.21. The lowest BCUT2D eigenvalue weighted by molar-refractivity contribution is -0.152. The molecule has 6 nitrogen and oxygen atoms in total. The fourth-order valence-electron chi connectivity index (χ4n) is 3.87. The Morgan fingerprint density at radius 2 is 1.97 bits per heavy atom. The summed E-state index contributed by atoms with van der Waals surface area (Å²) in [6.07, 6.45) is 6.47. The van der Waals surface area contributed by atoms with Gasteiger partial charge in [-0.05, 0) is 68.9 Å². The average molecular weight is 396 g/mol. The number of esters is 1. The molecular formula is C23H24O6. The molecule has 1 aromatic carbocycles. The Labute approximate surface area is 168 Å². The highest BCUT2D eigenvalue weighted by atomic mass is 16.6. The van der Waals surface area contributed by atoms with Gasteiger partial charge in [-0.15, -0.1) is 0 Å². The fourth-order valence-corrected chi connectivity index (χ4v) is 3.87. The SMILES string of the molecule is Cc1cc(C)c2oc(-c3ccco3)c(OCC(=O)OC3CCCCC3)c(=O)c2c1. The molecule has 1 aliphatic rings. The van der Waals surface area contributed by atoms with E-state index >= 15 is 0 Å². The van der Waals surface area contributed by atoms with Crippen LogP contribution in [0.1, 0.15) is 43.2 Å². The zero-order valence-electron chi connectivity index (χ0n) is 16.7. The molecule has 0 unspecified atom stereocenters. The quantitative estimate of drug-likeness (QED) is 0.569. The summed E-state index contributed by atoms with van der Waals surface area (Å²) < 4.78 is 22.6. The van der Waals surface area contributed by atoms with Gasteiger partial charge in [-0.25, -0.2) is 4.79 Å². The van der Waals surface area contributed by atoms with Crippen molar-refractivity contribution in [3.05, 3.63) is 51.9 Å². The minimum absolute atomic E-state index is 0.0435.